The molecule has 1 aliphatic heterocycles. The van der Waals surface area contributed by atoms with Crippen molar-refractivity contribution in [3.63, 3.8) is 0 Å². The smallest absolute Gasteiger partial charge is 0.318 e. The number of aryl methyl sites for hydroxylation is 2. The molecule has 4 rings (SSSR count). The van der Waals surface area contributed by atoms with Crippen LogP contribution >= 0.6 is 11.3 Å². The molecule has 0 bridgehead atoms. The Morgan fingerprint density at radius 2 is 2.22 bits per heavy atom. The number of nitrogens with zero attached hydrogens (tertiary/aromatic N) is 3. The maximum atomic E-state index is 12.8. The second-order valence-electron chi connectivity index (χ2n) is 6.59. The number of para-hydroxylation sites is 1. The lowest BCUT2D eigenvalue weighted by atomic mass is 10.1. The number of fused-ring (bicyclic) bond motifs is 1. The van der Waals surface area contributed by atoms with Crippen molar-refractivity contribution in [3.8, 4) is 0 Å². The van der Waals surface area contributed by atoms with Gasteiger partial charge in [-0.25, -0.2) is 9.78 Å². The number of amides is 2. The third kappa shape index (κ3) is 3.68. The lowest BCUT2D eigenvalue weighted by Gasteiger charge is -2.34. The van der Waals surface area contributed by atoms with Gasteiger partial charge in [-0.2, -0.15) is 0 Å². The predicted molar refractivity (Wildman–Crippen MR) is 103 cm³/mol. The molecule has 0 saturated carbocycles. The predicted octanol–water partition coefficient (Wildman–Crippen LogP) is 3.23. The molecule has 1 unspecified atom stereocenters. The molecule has 1 atom stereocenters. The van der Waals surface area contributed by atoms with Crippen LogP contribution in [-0.2, 0) is 11.2 Å². The van der Waals surface area contributed by atoms with Crippen molar-refractivity contribution in [1.29, 1.82) is 0 Å². The van der Waals surface area contributed by atoms with Gasteiger partial charge in [0.1, 0.15) is 16.8 Å². The highest BCUT2D eigenvalue weighted by molar-refractivity contribution is 7.18. The summed E-state index contributed by atoms with van der Waals surface area (Å²) in [6.07, 6.45) is 0.697. The number of carbonyl (C=O) groups is 1. The quantitative estimate of drug-likeness (QED) is 0.745. The molecule has 0 spiro atoms. The number of hydrogen-bond acceptors (Lipinski definition) is 6. The van der Waals surface area contributed by atoms with Gasteiger partial charge in [0.15, 0.2) is 0 Å². The summed E-state index contributed by atoms with van der Waals surface area (Å²) >= 11 is 1.62. The lowest BCUT2D eigenvalue weighted by Crippen LogP contribution is -2.48. The third-order valence-corrected chi connectivity index (χ3v) is 5.95. The normalized spacial score (nSPS) is 17.4. The van der Waals surface area contributed by atoms with Gasteiger partial charge in [-0.1, -0.05) is 17.3 Å². The summed E-state index contributed by atoms with van der Waals surface area (Å²) in [4.78, 5) is 19.3. The third-order valence-electron chi connectivity index (χ3n) is 4.82. The van der Waals surface area contributed by atoms with Gasteiger partial charge in [0.05, 0.1) is 29.1 Å². The van der Waals surface area contributed by atoms with Crippen molar-refractivity contribution >= 4 is 27.6 Å². The van der Waals surface area contributed by atoms with Crippen LogP contribution in [0.15, 0.2) is 28.8 Å². The lowest BCUT2D eigenvalue weighted by molar-refractivity contribution is 0.0117. The molecule has 27 heavy (non-hydrogen) atoms. The largest absolute Gasteiger partial charge is 0.377 e. The zero-order valence-corrected chi connectivity index (χ0v) is 16.2. The van der Waals surface area contributed by atoms with Gasteiger partial charge in [-0.15, -0.1) is 11.3 Å². The molecule has 1 N–H and O–H groups in total. The van der Waals surface area contributed by atoms with Crippen molar-refractivity contribution in [2.24, 2.45) is 0 Å². The van der Waals surface area contributed by atoms with Crippen LogP contribution in [0, 0.1) is 13.8 Å². The Hall–Kier alpha value is -2.45. The maximum absolute atomic E-state index is 12.8. The maximum Gasteiger partial charge on any atom is 0.318 e. The molecule has 1 saturated heterocycles. The molecule has 0 radical (unpaired) electrons. The van der Waals surface area contributed by atoms with Crippen molar-refractivity contribution in [3.05, 3.63) is 46.3 Å². The summed E-state index contributed by atoms with van der Waals surface area (Å²) in [5.74, 6) is 0.806. The fourth-order valence-electron chi connectivity index (χ4n) is 3.34. The van der Waals surface area contributed by atoms with Gasteiger partial charge in [-0.05, 0) is 32.4 Å². The molecule has 8 heteroatoms. The van der Waals surface area contributed by atoms with Crippen LogP contribution in [0.3, 0.4) is 0 Å². The van der Waals surface area contributed by atoms with E-state index in [0.717, 1.165) is 32.2 Å². The first-order valence-electron chi connectivity index (χ1n) is 9.03. The average Bonchev–Trinajstić information content (AvgIpc) is 3.26. The van der Waals surface area contributed by atoms with Gasteiger partial charge in [-0.3, -0.25) is 0 Å². The highest BCUT2D eigenvalue weighted by Gasteiger charge is 2.31. The van der Waals surface area contributed by atoms with Crippen LogP contribution in [0.5, 0.6) is 0 Å². The summed E-state index contributed by atoms with van der Waals surface area (Å²) in [6, 6.07) is 7.77. The van der Waals surface area contributed by atoms with Crippen LogP contribution in [0.1, 0.15) is 28.1 Å². The van der Waals surface area contributed by atoms with Gasteiger partial charge in [0.25, 0.3) is 0 Å². The molecule has 2 amide bonds. The van der Waals surface area contributed by atoms with Crippen molar-refractivity contribution in [2.45, 2.75) is 26.3 Å². The zero-order chi connectivity index (χ0) is 18.8. The Bertz CT molecular complexity index is 899. The van der Waals surface area contributed by atoms with E-state index >= 15 is 0 Å². The molecular formula is C19H22N4O3S. The molecule has 1 aromatic carbocycles. The Labute approximate surface area is 161 Å². The monoisotopic (exact) mass is 386 g/mol. The number of thiazole rings is 1. The Kier molecular flexibility index (Phi) is 5.09. The second kappa shape index (κ2) is 7.66. The molecule has 3 aromatic rings. The number of hydrogen-bond donors (Lipinski definition) is 1. The topological polar surface area (TPSA) is 80.5 Å². The van der Waals surface area contributed by atoms with Crippen LogP contribution < -0.4 is 5.32 Å². The Morgan fingerprint density at radius 1 is 1.37 bits per heavy atom. The first kappa shape index (κ1) is 17.9. The molecular weight excluding hydrogens is 364 g/mol. The summed E-state index contributed by atoms with van der Waals surface area (Å²) in [7, 11) is 0. The minimum atomic E-state index is -0.157. The summed E-state index contributed by atoms with van der Waals surface area (Å²) in [5.41, 5.74) is 2.89. The minimum absolute atomic E-state index is 0.0886. The number of rotatable bonds is 4. The average molecular weight is 386 g/mol. The van der Waals surface area contributed by atoms with Crippen molar-refractivity contribution < 1.29 is 14.1 Å². The van der Waals surface area contributed by atoms with Gasteiger partial charge in [0, 0.05) is 18.7 Å². The molecule has 0 aliphatic carbocycles. The zero-order valence-electron chi connectivity index (χ0n) is 15.4. The first-order valence-corrected chi connectivity index (χ1v) is 9.84. The summed E-state index contributed by atoms with van der Waals surface area (Å²) in [5, 5.41) is 7.89. The van der Waals surface area contributed by atoms with Gasteiger partial charge >= 0.3 is 6.03 Å². The van der Waals surface area contributed by atoms with E-state index in [9.17, 15) is 4.79 Å². The van der Waals surface area contributed by atoms with Crippen LogP contribution in [0.25, 0.3) is 10.2 Å². The van der Waals surface area contributed by atoms with E-state index in [-0.39, 0.29) is 12.1 Å². The number of nitrogens with one attached hydrogen (secondary N) is 1. The minimum Gasteiger partial charge on any atom is -0.377 e. The van der Waals surface area contributed by atoms with E-state index in [0.29, 0.717) is 32.7 Å². The molecule has 3 heterocycles. The van der Waals surface area contributed by atoms with Gasteiger partial charge < -0.3 is 19.5 Å². The molecule has 1 fully saturated rings. The van der Waals surface area contributed by atoms with Crippen LogP contribution in [0.4, 0.5) is 4.79 Å². The van der Waals surface area contributed by atoms with Crippen LogP contribution in [-0.4, -0.2) is 47.4 Å². The number of ether oxygens (including phenoxy) is 1. The van der Waals surface area contributed by atoms with E-state index in [4.69, 9.17) is 14.2 Å². The second-order valence-corrected chi connectivity index (χ2v) is 7.65. The van der Waals surface area contributed by atoms with Crippen molar-refractivity contribution in [2.75, 3.05) is 26.3 Å². The number of aromatic nitrogens is 2. The van der Waals surface area contributed by atoms with E-state index in [1.165, 1.54) is 0 Å². The van der Waals surface area contributed by atoms with E-state index in [1.807, 2.05) is 43.0 Å². The van der Waals surface area contributed by atoms with E-state index < -0.39 is 0 Å². The fraction of sp³-hybridized carbons (Fsp3) is 0.421. The first-order chi connectivity index (χ1) is 13.1. The van der Waals surface area contributed by atoms with E-state index in [2.05, 4.69) is 10.5 Å². The molecule has 1 aliphatic rings. The Morgan fingerprint density at radius 3 is 3.00 bits per heavy atom. The van der Waals surface area contributed by atoms with Crippen LogP contribution in [0.2, 0.25) is 0 Å². The highest BCUT2D eigenvalue weighted by atomic mass is 32.1. The number of benzene rings is 1. The number of morpholine rings is 1. The van der Waals surface area contributed by atoms with E-state index in [1.54, 1.807) is 11.3 Å². The molecule has 7 nitrogen and oxygen atoms in total. The summed E-state index contributed by atoms with van der Waals surface area (Å²) in [6.45, 7) is 5.90. The standard InChI is InChI=1S/C19H22N4O3S/c1-12-14(13(2)26-22-12)7-8-20-19(24)23-9-10-25-11-16(23)18-21-15-5-3-4-6-17(15)27-18/h3-6,16H,7-11H2,1-2H3,(H,20,24). The number of urea groups is 1. The highest BCUT2D eigenvalue weighted by Crippen LogP contribution is 2.31. The number of carbonyl (C=O) groups excluding carboxylic acids is 1. The SMILES string of the molecule is Cc1noc(C)c1CCNC(=O)N1CCOCC1c1nc2ccccc2s1. The van der Waals surface area contributed by atoms with Gasteiger partial charge in [0.2, 0.25) is 0 Å². The fourth-order valence-corrected chi connectivity index (χ4v) is 4.40. The molecule has 2 aromatic heterocycles. The summed E-state index contributed by atoms with van der Waals surface area (Å²) < 4.78 is 11.9. The van der Waals surface area contributed by atoms with Crippen molar-refractivity contribution in [1.82, 2.24) is 20.4 Å². The molecule has 142 valence electrons. The Balaban J connectivity index is 1.44.